The summed E-state index contributed by atoms with van der Waals surface area (Å²) in [6.07, 6.45) is 4.16. The van der Waals surface area contributed by atoms with Crippen molar-refractivity contribution >= 4 is 46.6 Å². The number of hydrogen-bond donors (Lipinski definition) is 2. The van der Waals surface area contributed by atoms with E-state index in [0.29, 0.717) is 19.5 Å². The molecule has 0 radical (unpaired) electrons. The van der Waals surface area contributed by atoms with Gasteiger partial charge >= 0.3 is 5.97 Å². The number of carboxylic acids is 1. The lowest BCUT2D eigenvalue weighted by Crippen LogP contribution is -2.42. The average Bonchev–Trinajstić information content (AvgIpc) is 3.09. The number of aliphatic carboxylic acids is 1. The number of halogens is 2. The Kier molecular flexibility index (Phi) is 15.2. The Labute approximate surface area is 288 Å². The molecule has 1 aliphatic heterocycles. The van der Waals surface area contributed by atoms with Crippen LogP contribution in [-0.2, 0) is 22.4 Å². The number of aryl methyl sites for hydroxylation is 2. The van der Waals surface area contributed by atoms with Crippen molar-refractivity contribution in [2.24, 2.45) is 0 Å². The number of carbonyl (C=O) groups is 3. The lowest BCUT2D eigenvalue weighted by atomic mass is 9.96. The zero-order chi connectivity index (χ0) is 34.2. The molecule has 6 nitrogen and oxygen atoms in total. The van der Waals surface area contributed by atoms with Gasteiger partial charge in [0.15, 0.2) is 0 Å². The minimum atomic E-state index is -1.15. The second kappa shape index (κ2) is 19.3. The predicted molar refractivity (Wildman–Crippen MR) is 192 cm³/mol. The molecule has 4 aromatic carbocycles. The molecule has 0 aliphatic carbocycles. The molecule has 0 spiro atoms. The van der Waals surface area contributed by atoms with Crippen LogP contribution in [0.2, 0.25) is 10.0 Å². The molecule has 0 bridgehead atoms. The Hall–Kier alpha value is -4.39. The van der Waals surface area contributed by atoms with Gasteiger partial charge in [-0.3, -0.25) is 9.59 Å². The predicted octanol–water partition coefficient (Wildman–Crippen LogP) is 8.69. The average molecular weight is 674 g/mol. The van der Waals surface area contributed by atoms with E-state index in [4.69, 9.17) is 23.2 Å². The van der Waals surface area contributed by atoms with Gasteiger partial charge in [-0.1, -0.05) is 140 Å². The van der Waals surface area contributed by atoms with Crippen LogP contribution < -0.4 is 5.32 Å². The van der Waals surface area contributed by atoms with Crippen molar-refractivity contribution in [3.05, 3.63) is 147 Å². The van der Waals surface area contributed by atoms with Crippen LogP contribution in [0.1, 0.15) is 59.3 Å². The maximum Gasteiger partial charge on any atom is 0.326 e. The maximum atomic E-state index is 12.7. The smallest absolute Gasteiger partial charge is 0.326 e. The molecule has 2 amide bonds. The van der Waals surface area contributed by atoms with Gasteiger partial charge < -0.3 is 15.3 Å². The van der Waals surface area contributed by atoms with E-state index in [2.05, 4.69) is 30.4 Å². The molecule has 0 fully saturated rings. The van der Waals surface area contributed by atoms with Crippen molar-refractivity contribution in [2.75, 3.05) is 13.1 Å². The zero-order valence-corrected chi connectivity index (χ0v) is 28.6. The highest BCUT2D eigenvalue weighted by Gasteiger charge is 2.24. The summed E-state index contributed by atoms with van der Waals surface area (Å²) in [6.45, 7) is 7.32. The molecule has 47 heavy (non-hydrogen) atoms. The van der Waals surface area contributed by atoms with Gasteiger partial charge in [-0.15, -0.1) is 0 Å². The topological polar surface area (TPSA) is 86.7 Å². The highest BCUT2D eigenvalue weighted by atomic mass is 35.5. The van der Waals surface area contributed by atoms with E-state index in [9.17, 15) is 19.5 Å². The van der Waals surface area contributed by atoms with Crippen molar-refractivity contribution in [1.29, 1.82) is 0 Å². The highest BCUT2D eigenvalue weighted by molar-refractivity contribution is 6.39. The third-order valence-electron chi connectivity index (χ3n) is 7.53. The molecule has 1 atom stereocenters. The van der Waals surface area contributed by atoms with E-state index in [1.807, 2.05) is 91.5 Å². The van der Waals surface area contributed by atoms with Crippen LogP contribution in [0.4, 0.5) is 0 Å². The Morgan fingerprint density at radius 1 is 0.809 bits per heavy atom. The summed E-state index contributed by atoms with van der Waals surface area (Å²) < 4.78 is 0. The van der Waals surface area contributed by atoms with Gasteiger partial charge in [-0.05, 0) is 54.2 Å². The van der Waals surface area contributed by atoms with Crippen LogP contribution in [0.5, 0.6) is 0 Å². The minimum absolute atomic E-state index is 0.0502. The summed E-state index contributed by atoms with van der Waals surface area (Å²) >= 11 is 12.2. The molecule has 5 rings (SSSR count). The summed E-state index contributed by atoms with van der Waals surface area (Å²) in [5, 5.41) is 12.5. The first-order valence-electron chi connectivity index (χ1n) is 15.8. The fourth-order valence-electron chi connectivity index (χ4n) is 4.98. The van der Waals surface area contributed by atoms with Crippen LogP contribution in [0.15, 0.2) is 109 Å². The highest BCUT2D eigenvalue weighted by Crippen LogP contribution is 2.25. The van der Waals surface area contributed by atoms with Gasteiger partial charge in [0.2, 0.25) is 5.91 Å². The number of rotatable bonds is 9. The Balaban J connectivity index is 0.000000582. The van der Waals surface area contributed by atoms with Gasteiger partial charge in [-0.25, -0.2) is 4.79 Å². The molecule has 1 unspecified atom stereocenters. The van der Waals surface area contributed by atoms with Crippen molar-refractivity contribution in [3.8, 4) is 0 Å². The van der Waals surface area contributed by atoms with Crippen molar-refractivity contribution in [1.82, 2.24) is 10.2 Å². The molecule has 1 heterocycles. The van der Waals surface area contributed by atoms with Crippen LogP contribution in [0.25, 0.3) is 5.57 Å². The molecular formula is C39H42Cl2N2O4. The maximum absolute atomic E-state index is 12.7. The van der Waals surface area contributed by atoms with E-state index in [1.54, 1.807) is 6.07 Å². The normalized spacial score (nSPS) is 12.7. The molecule has 0 aromatic heterocycles. The Morgan fingerprint density at radius 3 is 1.91 bits per heavy atom. The van der Waals surface area contributed by atoms with Crippen molar-refractivity contribution in [2.45, 2.75) is 52.5 Å². The zero-order valence-electron chi connectivity index (χ0n) is 27.1. The van der Waals surface area contributed by atoms with E-state index in [0.717, 1.165) is 35.1 Å². The number of carboxylic acid groups (broad SMARTS) is 1. The van der Waals surface area contributed by atoms with Crippen LogP contribution in [0.3, 0.4) is 0 Å². The molecule has 4 aromatic rings. The van der Waals surface area contributed by atoms with Gasteiger partial charge in [0.25, 0.3) is 5.91 Å². The van der Waals surface area contributed by atoms with E-state index < -0.39 is 17.9 Å². The molecule has 1 aliphatic rings. The van der Waals surface area contributed by atoms with Gasteiger partial charge in [-0.2, -0.15) is 0 Å². The molecule has 0 saturated heterocycles. The summed E-state index contributed by atoms with van der Waals surface area (Å²) in [5.41, 5.74) is 5.48. The first-order chi connectivity index (χ1) is 22.7. The van der Waals surface area contributed by atoms with Gasteiger partial charge in [0, 0.05) is 25.9 Å². The summed E-state index contributed by atoms with van der Waals surface area (Å²) in [7, 11) is 0. The Bertz CT molecular complexity index is 1600. The molecule has 0 saturated carbocycles. The molecule has 2 N–H and O–H groups in total. The van der Waals surface area contributed by atoms with Crippen LogP contribution >= 0.6 is 23.2 Å². The molecular weight excluding hydrogens is 631 g/mol. The third-order valence-corrected chi connectivity index (χ3v) is 8.16. The number of hydrogen-bond acceptors (Lipinski definition) is 3. The summed E-state index contributed by atoms with van der Waals surface area (Å²) in [5.74, 6) is -1.64. The fourth-order valence-corrected chi connectivity index (χ4v) is 5.55. The lowest BCUT2D eigenvalue weighted by molar-refractivity contribution is -0.139. The Morgan fingerprint density at radius 2 is 1.40 bits per heavy atom. The SMILES string of the molecule is CC.Cc1ccccc1.O=C(NC(Cc1ccc(C2=CCN(C(=O)CCc3ccccc3)CC2)cc1)C(=O)O)c1c(Cl)cccc1Cl. The lowest BCUT2D eigenvalue weighted by Gasteiger charge is -2.27. The third kappa shape index (κ3) is 11.7. The summed E-state index contributed by atoms with van der Waals surface area (Å²) in [6, 6.07) is 31.4. The van der Waals surface area contributed by atoms with E-state index in [1.165, 1.54) is 17.7 Å². The first-order valence-corrected chi connectivity index (χ1v) is 16.6. The number of amides is 2. The minimum Gasteiger partial charge on any atom is -0.480 e. The first kappa shape index (κ1) is 37.1. The largest absolute Gasteiger partial charge is 0.480 e. The van der Waals surface area contributed by atoms with Crippen molar-refractivity contribution in [3.63, 3.8) is 0 Å². The number of benzene rings is 4. The number of nitrogens with zero attached hydrogens (tertiary/aromatic N) is 1. The second-order valence-electron chi connectivity index (χ2n) is 10.8. The number of carbonyl (C=O) groups excluding carboxylic acids is 2. The number of nitrogens with one attached hydrogen (secondary N) is 1. The van der Waals surface area contributed by atoms with E-state index >= 15 is 0 Å². The van der Waals surface area contributed by atoms with Crippen molar-refractivity contribution < 1.29 is 19.5 Å². The van der Waals surface area contributed by atoms with Crippen LogP contribution in [0, 0.1) is 6.92 Å². The van der Waals surface area contributed by atoms with Gasteiger partial charge in [0.1, 0.15) is 6.04 Å². The summed E-state index contributed by atoms with van der Waals surface area (Å²) in [4.78, 5) is 39.0. The van der Waals surface area contributed by atoms with E-state index in [-0.39, 0.29) is 27.9 Å². The monoisotopic (exact) mass is 672 g/mol. The van der Waals surface area contributed by atoms with Crippen LogP contribution in [-0.4, -0.2) is 46.9 Å². The quantitative estimate of drug-likeness (QED) is 0.186. The molecule has 246 valence electrons. The fraction of sp³-hybridized carbons (Fsp3) is 0.256. The standard InChI is InChI=1S/C30H28Cl2N2O4.C7H8.C2H6/c31-24-7-4-8-25(32)28(24)29(36)33-26(30(37)38)19-21-9-12-22(13-10-21)23-15-17-34(18-16-23)27(35)14-11-20-5-2-1-3-6-20;1-7-5-3-2-4-6-7;1-2/h1-10,12-13,15,26H,11,14,16-19H2,(H,33,36)(H,37,38);2-6H,1H3;1-2H3. The second-order valence-corrected chi connectivity index (χ2v) is 11.6. The van der Waals surface area contributed by atoms with Gasteiger partial charge in [0.05, 0.1) is 15.6 Å². The molecule has 8 heteroatoms.